The van der Waals surface area contributed by atoms with Gasteiger partial charge in [0.05, 0.1) is 12.7 Å². The lowest BCUT2D eigenvalue weighted by Gasteiger charge is -2.23. The minimum absolute atomic E-state index is 0.0617. The highest BCUT2D eigenvalue weighted by atomic mass is 32.2. The van der Waals surface area contributed by atoms with Gasteiger partial charge in [0.1, 0.15) is 0 Å². The van der Waals surface area contributed by atoms with Crippen LogP contribution < -0.4 is 5.32 Å². The third-order valence-electron chi connectivity index (χ3n) is 4.43. The molecule has 0 aromatic heterocycles. The van der Waals surface area contributed by atoms with Crippen LogP contribution in [-0.4, -0.2) is 69.6 Å². The van der Waals surface area contributed by atoms with Gasteiger partial charge in [0, 0.05) is 31.6 Å². The largest absolute Gasteiger partial charge is 0.351 e. The van der Waals surface area contributed by atoms with Crippen LogP contribution in [0.1, 0.15) is 11.1 Å². The first-order valence-corrected chi connectivity index (χ1v) is 9.95. The minimum atomic E-state index is -3.24. The van der Waals surface area contributed by atoms with Gasteiger partial charge < -0.3 is 10.2 Å². The first-order valence-electron chi connectivity index (χ1n) is 8.10. The van der Waals surface area contributed by atoms with Gasteiger partial charge in [-0.3, -0.25) is 4.79 Å². The van der Waals surface area contributed by atoms with Crippen molar-refractivity contribution in [3.63, 3.8) is 0 Å². The van der Waals surface area contributed by atoms with E-state index in [4.69, 9.17) is 0 Å². The summed E-state index contributed by atoms with van der Waals surface area (Å²) in [5.41, 5.74) is 2.08. The van der Waals surface area contributed by atoms with Gasteiger partial charge in [-0.15, -0.1) is 0 Å². The van der Waals surface area contributed by atoms with Crippen LogP contribution in [-0.2, 0) is 21.2 Å². The Hall–Kier alpha value is -1.44. The molecule has 1 aliphatic heterocycles. The number of sulfonamides is 1. The smallest absolute Gasteiger partial charge is 0.224 e. The van der Waals surface area contributed by atoms with Crippen LogP contribution in [0.4, 0.5) is 0 Å². The molecule has 6 nitrogen and oxygen atoms in total. The Bertz CT molecular complexity index is 688. The van der Waals surface area contributed by atoms with Crippen LogP contribution in [0, 0.1) is 12.8 Å². The molecule has 0 saturated carbocycles. The maximum absolute atomic E-state index is 12.4. The molecular weight excluding hydrogens is 326 g/mol. The van der Waals surface area contributed by atoms with E-state index in [0.29, 0.717) is 19.5 Å². The van der Waals surface area contributed by atoms with Crippen LogP contribution in [0.25, 0.3) is 0 Å². The van der Waals surface area contributed by atoms with Crippen molar-refractivity contribution in [1.82, 2.24) is 14.5 Å². The highest BCUT2D eigenvalue weighted by Gasteiger charge is 2.37. The summed E-state index contributed by atoms with van der Waals surface area (Å²) in [6.45, 7) is 3.52. The van der Waals surface area contributed by atoms with E-state index in [9.17, 15) is 13.2 Å². The molecule has 1 amide bonds. The molecule has 0 spiro atoms. The molecule has 2 atom stereocenters. The van der Waals surface area contributed by atoms with Crippen LogP contribution >= 0.6 is 0 Å². The van der Waals surface area contributed by atoms with Crippen molar-refractivity contribution in [1.29, 1.82) is 0 Å². The van der Waals surface area contributed by atoms with Crippen molar-refractivity contribution >= 4 is 15.9 Å². The quantitative estimate of drug-likeness (QED) is 0.807. The maximum atomic E-state index is 12.4. The van der Waals surface area contributed by atoms with E-state index in [2.05, 4.69) is 5.32 Å². The molecule has 1 aromatic rings. The standard InChI is InChI=1S/C17H27N3O3S/c1-13-7-5-6-8-14(13)9-17(21)18-16-12-20(24(4,22)23)11-15(16)10-19(2)3/h5-8,15-16H,9-12H2,1-4H3,(H,18,21). The second kappa shape index (κ2) is 7.63. The second-order valence-corrected chi connectivity index (χ2v) is 8.86. The summed E-state index contributed by atoms with van der Waals surface area (Å²) in [6, 6.07) is 7.65. The highest BCUT2D eigenvalue weighted by Crippen LogP contribution is 2.20. The summed E-state index contributed by atoms with van der Waals surface area (Å²) in [5.74, 6) is 0.0314. The number of nitrogens with one attached hydrogen (secondary N) is 1. The van der Waals surface area contributed by atoms with E-state index in [1.807, 2.05) is 50.2 Å². The van der Waals surface area contributed by atoms with Crippen molar-refractivity contribution in [3.8, 4) is 0 Å². The first-order chi connectivity index (χ1) is 11.2. The number of carbonyl (C=O) groups is 1. The topological polar surface area (TPSA) is 69.7 Å². The number of amides is 1. The number of aryl methyl sites for hydroxylation is 1. The van der Waals surface area contributed by atoms with Gasteiger partial charge in [0.2, 0.25) is 15.9 Å². The van der Waals surface area contributed by atoms with Gasteiger partial charge in [-0.25, -0.2) is 8.42 Å². The lowest BCUT2D eigenvalue weighted by Crippen LogP contribution is -2.44. The van der Waals surface area contributed by atoms with E-state index in [1.165, 1.54) is 10.6 Å². The van der Waals surface area contributed by atoms with Gasteiger partial charge in [-0.05, 0) is 32.1 Å². The molecular formula is C17H27N3O3S. The molecule has 1 saturated heterocycles. The van der Waals surface area contributed by atoms with E-state index >= 15 is 0 Å². The summed E-state index contributed by atoms with van der Waals surface area (Å²) >= 11 is 0. The fourth-order valence-electron chi connectivity index (χ4n) is 3.16. The predicted molar refractivity (Wildman–Crippen MR) is 95.3 cm³/mol. The third-order valence-corrected chi connectivity index (χ3v) is 5.67. The van der Waals surface area contributed by atoms with Crippen molar-refractivity contribution in [2.75, 3.05) is 40.0 Å². The molecule has 24 heavy (non-hydrogen) atoms. The minimum Gasteiger partial charge on any atom is -0.351 e. The zero-order valence-electron chi connectivity index (χ0n) is 14.8. The molecule has 1 aliphatic rings. The molecule has 2 rings (SSSR count). The molecule has 134 valence electrons. The number of hydrogen-bond donors (Lipinski definition) is 1. The van der Waals surface area contributed by atoms with Crippen LogP contribution in [0.5, 0.6) is 0 Å². The Morgan fingerprint density at radius 1 is 1.29 bits per heavy atom. The summed E-state index contributed by atoms with van der Waals surface area (Å²) < 4.78 is 25.1. The number of nitrogens with zero attached hydrogens (tertiary/aromatic N) is 2. The molecule has 0 aliphatic carbocycles. The normalized spacial score (nSPS) is 22.0. The monoisotopic (exact) mass is 353 g/mol. The number of benzene rings is 1. The van der Waals surface area contributed by atoms with Gasteiger partial charge in [0.15, 0.2) is 0 Å². The van der Waals surface area contributed by atoms with Crippen LogP contribution in [0.3, 0.4) is 0 Å². The lowest BCUT2D eigenvalue weighted by molar-refractivity contribution is -0.121. The highest BCUT2D eigenvalue weighted by molar-refractivity contribution is 7.88. The third kappa shape index (κ3) is 5.03. The first kappa shape index (κ1) is 18.9. The Morgan fingerprint density at radius 3 is 2.54 bits per heavy atom. The van der Waals surface area contributed by atoms with Gasteiger partial charge >= 0.3 is 0 Å². The fourth-order valence-corrected chi connectivity index (χ4v) is 4.05. The van der Waals surface area contributed by atoms with Gasteiger partial charge in [-0.2, -0.15) is 4.31 Å². The average Bonchev–Trinajstić information content (AvgIpc) is 2.83. The molecule has 1 N–H and O–H groups in total. The molecule has 1 aromatic carbocycles. The maximum Gasteiger partial charge on any atom is 0.224 e. The summed E-state index contributed by atoms with van der Waals surface area (Å²) in [7, 11) is 0.665. The Labute approximate surface area is 144 Å². The lowest BCUT2D eigenvalue weighted by atomic mass is 10.0. The van der Waals surface area contributed by atoms with Crippen LogP contribution in [0.15, 0.2) is 24.3 Å². The number of hydrogen-bond acceptors (Lipinski definition) is 4. The molecule has 7 heteroatoms. The second-order valence-electron chi connectivity index (χ2n) is 6.88. The van der Waals surface area contributed by atoms with E-state index in [0.717, 1.165) is 17.7 Å². The Balaban J connectivity index is 2.04. The Morgan fingerprint density at radius 2 is 1.96 bits per heavy atom. The van der Waals surface area contributed by atoms with Gasteiger partial charge in [0.25, 0.3) is 0 Å². The van der Waals surface area contributed by atoms with E-state index in [1.54, 1.807) is 0 Å². The van der Waals surface area contributed by atoms with Crippen molar-refractivity contribution in [2.24, 2.45) is 5.92 Å². The fraction of sp³-hybridized carbons (Fsp3) is 0.588. The summed E-state index contributed by atoms with van der Waals surface area (Å²) in [4.78, 5) is 14.4. The molecule has 2 unspecified atom stereocenters. The van der Waals surface area contributed by atoms with Gasteiger partial charge in [-0.1, -0.05) is 24.3 Å². The zero-order valence-corrected chi connectivity index (χ0v) is 15.6. The summed E-state index contributed by atoms with van der Waals surface area (Å²) in [6.07, 6.45) is 1.54. The molecule has 1 fully saturated rings. The Kier molecular flexibility index (Phi) is 6.01. The zero-order chi connectivity index (χ0) is 17.9. The predicted octanol–water partition coefficient (Wildman–Crippen LogP) is 0.475. The average molecular weight is 353 g/mol. The van der Waals surface area contributed by atoms with Crippen LogP contribution in [0.2, 0.25) is 0 Å². The van der Waals surface area contributed by atoms with E-state index < -0.39 is 10.0 Å². The van der Waals surface area contributed by atoms with Crippen molar-refractivity contribution < 1.29 is 13.2 Å². The number of rotatable bonds is 6. The summed E-state index contributed by atoms with van der Waals surface area (Å²) in [5, 5.41) is 3.04. The van der Waals surface area contributed by atoms with Crippen molar-refractivity contribution in [2.45, 2.75) is 19.4 Å². The SMILES string of the molecule is Cc1ccccc1CC(=O)NC1CN(S(C)(=O)=O)CC1CN(C)C. The molecule has 0 bridgehead atoms. The number of carbonyl (C=O) groups excluding carboxylic acids is 1. The molecule has 0 radical (unpaired) electrons. The van der Waals surface area contributed by atoms with Crippen molar-refractivity contribution in [3.05, 3.63) is 35.4 Å². The van der Waals surface area contributed by atoms with E-state index in [-0.39, 0.29) is 17.9 Å². The molecule has 1 heterocycles.